The Hall–Kier alpha value is -2.74. The summed E-state index contributed by atoms with van der Waals surface area (Å²) in [6.45, 7) is 1.11. The molecular formula is C14H13N3O4S. The predicted molar refractivity (Wildman–Crippen MR) is 79.6 cm³/mol. The van der Waals surface area contributed by atoms with Crippen molar-refractivity contribution in [3.05, 3.63) is 54.4 Å². The van der Waals surface area contributed by atoms with Gasteiger partial charge in [-0.15, -0.1) is 0 Å². The lowest BCUT2D eigenvalue weighted by molar-refractivity contribution is -0.117. The van der Waals surface area contributed by atoms with E-state index in [2.05, 4.69) is 10.3 Å². The van der Waals surface area contributed by atoms with Gasteiger partial charge in [-0.2, -0.15) is 0 Å². The molecule has 1 aromatic carbocycles. The number of hydrogen-bond acceptors (Lipinski definition) is 5. The Morgan fingerprint density at radius 3 is 2.14 bits per heavy atom. The van der Waals surface area contributed by atoms with E-state index in [1.165, 1.54) is 36.7 Å². The fraction of sp³-hybridized carbons (Fsp3) is 0.0714. The fourth-order valence-electron chi connectivity index (χ4n) is 1.67. The summed E-state index contributed by atoms with van der Waals surface area (Å²) in [5.41, 5.74) is 0.869. The minimum atomic E-state index is -3.88. The van der Waals surface area contributed by atoms with Crippen molar-refractivity contribution in [2.45, 2.75) is 11.8 Å². The molecule has 0 fully saturated rings. The zero-order chi connectivity index (χ0) is 16.2. The lowest BCUT2D eigenvalue weighted by Crippen LogP contribution is -2.28. The Labute approximate surface area is 127 Å². The Morgan fingerprint density at radius 2 is 1.59 bits per heavy atom. The topological polar surface area (TPSA) is 105 Å². The highest BCUT2D eigenvalue weighted by atomic mass is 32.2. The molecule has 0 spiro atoms. The summed E-state index contributed by atoms with van der Waals surface area (Å²) in [5.74, 6) is -1.00. The summed E-state index contributed by atoms with van der Waals surface area (Å²) in [6.07, 6.45) is 3.00. The second kappa shape index (κ2) is 6.35. The molecule has 2 rings (SSSR count). The summed E-state index contributed by atoms with van der Waals surface area (Å²) in [6, 6.07) is 8.60. The molecule has 0 atom stereocenters. The van der Waals surface area contributed by atoms with Gasteiger partial charge in [-0.25, -0.2) is 13.1 Å². The summed E-state index contributed by atoms with van der Waals surface area (Å²) in [5, 5.41) is 2.63. The summed E-state index contributed by atoms with van der Waals surface area (Å²) in [4.78, 5) is 26.5. The normalized spacial score (nSPS) is 10.8. The predicted octanol–water partition coefficient (Wildman–Crippen LogP) is 1.16. The number of nitrogens with one attached hydrogen (secondary N) is 2. The third-order valence-corrected chi connectivity index (χ3v) is 4.09. The first-order chi connectivity index (χ1) is 10.4. The van der Waals surface area contributed by atoms with Crippen LogP contribution in [0.2, 0.25) is 0 Å². The van der Waals surface area contributed by atoms with E-state index in [1.54, 1.807) is 12.1 Å². The van der Waals surface area contributed by atoms with E-state index < -0.39 is 15.9 Å². The maximum atomic E-state index is 11.9. The van der Waals surface area contributed by atoms with Gasteiger partial charge in [-0.3, -0.25) is 14.6 Å². The second-order valence-electron chi connectivity index (χ2n) is 4.38. The van der Waals surface area contributed by atoms with Crippen molar-refractivity contribution in [2.24, 2.45) is 0 Å². The summed E-state index contributed by atoms with van der Waals surface area (Å²) < 4.78 is 25.4. The Kier molecular flexibility index (Phi) is 4.52. The van der Waals surface area contributed by atoms with E-state index in [-0.39, 0.29) is 10.8 Å². The van der Waals surface area contributed by atoms with Crippen molar-refractivity contribution < 1.29 is 18.0 Å². The Bertz CT molecular complexity index is 787. The number of rotatable bonds is 4. The maximum Gasteiger partial charge on any atom is 0.264 e. The molecule has 1 aromatic heterocycles. The first kappa shape index (κ1) is 15.6. The van der Waals surface area contributed by atoms with Crippen LogP contribution < -0.4 is 10.0 Å². The summed E-state index contributed by atoms with van der Waals surface area (Å²) >= 11 is 0. The van der Waals surface area contributed by atoms with Crippen LogP contribution in [0, 0.1) is 0 Å². The van der Waals surface area contributed by atoms with Gasteiger partial charge in [0.2, 0.25) is 5.91 Å². The number of hydrogen-bond donors (Lipinski definition) is 2. The molecule has 0 unspecified atom stereocenters. The Morgan fingerprint density at radius 1 is 1.00 bits per heavy atom. The first-order valence-corrected chi connectivity index (χ1v) is 7.71. The van der Waals surface area contributed by atoms with Crippen LogP contribution in [-0.4, -0.2) is 25.2 Å². The van der Waals surface area contributed by atoms with Crippen LogP contribution in [0.5, 0.6) is 0 Å². The smallest absolute Gasteiger partial charge is 0.264 e. The second-order valence-corrected chi connectivity index (χ2v) is 6.06. The molecule has 0 aliphatic heterocycles. The highest BCUT2D eigenvalue weighted by Crippen LogP contribution is 2.14. The van der Waals surface area contributed by atoms with Gasteiger partial charge in [0.1, 0.15) is 0 Å². The molecule has 0 aliphatic carbocycles. The number of carbonyl (C=O) groups is 2. The van der Waals surface area contributed by atoms with Crippen LogP contribution in [0.4, 0.5) is 5.69 Å². The van der Waals surface area contributed by atoms with Gasteiger partial charge in [0.05, 0.1) is 4.90 Å². The molecule has 2 amide bonds. The van der Waals surface area contributed by atoms with Crippen LogP contribution in [-0.2, 0) is 14.8 Å². The van der Waals surface area contributed by atoms with Crippen LogP contribution in [0.1, 0.15) is 17.3 Å². The van der Waals surface area contributed by atoms with Gasteiger partial charge in [-0.1, -0.05) is 0 Å². The molecule has 7 nitrogen and oxygen atoms in total. The number of carbonyl (C=O) groups excluding carboxylic acids is 2. The number of pyridine rings is 1. The molecule has 114 valence electrons. The highest BCUT2D eigenvalue weighted by molar-refractivity contribution is 7.90. The minimum absolute atomic E-state index is 0.0652. The van der Waals surface area contributed by atoms with E-state index in [0.717, 1.165) is 6.92 Å². The van der Waals surface area contributed by atoms with Gasteiger partial charge in [0.25, 0.3) is 15.9 Å². The van der Waals surface area contributed by atoms with Gasteiger partial charge in [0.15, 0.2) is 0 Å². The van der Waals surface area contributed by atoms with Crippen LogP contribution in [0.3, 0.4) is 0 Å². The molecule has 2 N–H and O–H groups in total. The third kappa shape index (κ3) is 3.89. The zero-order valence-corrected chi connectivity index (χ0v) is 12.4. The average molecular weight is 319 g/mol. The molecular weight excluding hydrogens is 306 g/mol. The monoisotopic (exact) mass is 319 g/mol. The number of amides is 2. The van der Waals surface area contributed by atoms with Gasteiger partial charge >= 0.3 is 0 Å². The molecule has 0 saturated heterocycles. The van der Waals surface area contributed by atoms with Gasteiger partial charge < -0.3 is 5.32 Å². The van der Waals surface area contributed by atoms with E-state index in [4.69, 9.17) is 0 Å². The maximum absolute atomic E-state index is 11.9. The summed E-state index contributed by atoms with van der Waals surface area (Å²) in [7, 11) is -3.88. The van der Waals surface area contributed by atoms with E-state index in [0.29, 0.717) is 11.3 Å². The van der Waals surface area contributed by atoms with Crippen molar-refractivity contribution >= 4 is 27.5 Å². The van der Waals surface area contributed by atoms with Crippen LogP contribution >= 0.6 is 0 Å². The standard InChI is InChI=1S/C14H13N3O4S/c1-10(18)17-22(20,21)13-4-2-12(3-5-13)16-14(19)11-6-8-15-9-7-11/h2-9H,1H3,(H,16,19)(H,17,18). The van der Waals surface area contributed by atoms with Crippen molar-refractivity contribution in [3.8, 4) is 0 Å². The van der Waals surface area contributed by atoms with E-state index in [1.807, 2.05) is 4.72 Å². The van der Waals surface area contributed by atoms with Gasteiger partial charge in [0, 0.05) is 30.6 Å². The fourth-order valence-corrected chi connectivity index (χ4v) is 2.66. The number of benzene rings is 1. The largest absolute Gasteiger partial charge is 0.322 e. The van der Waals surface area contributed by atoms with Gasteiger partial charge in [-0.05, 0) is 36.4 Å². The highest BCUT2D eigenvalue weighted by Gasteiger charge is 2.15. The van der Waals surface area contributed by atoms with Crippen LogP contribution in [0.15, 0.2) is 53.7 Å². The molecule has 1 heterocycles. The van der Waals surface area contributed by atoms with E-state index >= 15 is 0 Å². The zero-order valence-electron chi connectivity index (χ0n) is 11.6. The SMILES string of the molecule is CC(=O)NS(=O)(=O)c1ccc(NC(=O)c2ccncc2)cc1. The van der Waals surface area contributed by atoms with Crippen molar-refractivity contribution in [1.29, 1.82) is 0 Å². The molecule has 8 heteroatoms. The first-order valence-electron chi connectivity index (χ1n) is 6.23. The molecule has 22 heavy (non-hydrogen) atoms. The number of aromatic nitrogens is 1. The molecule has 0 bridgehead atoms. The third-order valence-electron chi connectivity index (χ3n) is 2.64. The lowest BCUT2D eigenvalue weighted by atomic mass is 10.2. The van der Waals surface area contributed by atoms with Crippen molar-refractivity contribution in [3.63, 3.8) is 0 Å². The molecule has 0 saturated carbocycles. The molecule has 0 radical (unpaired) electrons. The van der Waals surface area contributed by atoms with Crippen molar-refractivity contribution in [2.75, 3.05) is 5.32 Å². The minimum Gasteiger partial charge on any atom is -0.322 e. The average Bonchev–Trinajstić information content (AvgIpc) is 2.47. The number of anilines is 1. The van der Waals surface area contributed by atoms with Crippen molar-refractivity contribution in [1.82, 2.24) is 9.71 Å². The van der Waals surface area contributed by atoms with E-state index in [9.17, 15) is 18.0 Å². The molecule has 0 aliphatic rings. The Balaban J connectivity index is 2.13. The quantitative estimate of drug-likeness (QED) is 0.879. The molecule has 2 aromatic rings. The lowest BCUT2D eigenvalue weighted by Gasteiger charge is -2.07. The number of sulfonamides is 1. The number of nitrogens with zero attached hydrogens (tertiary/aromatic N) is 1. The van der Waals surface area contributed by atoms with Crippen LogP contribution in [0.25, 0.3) is 0 Å².